The predicted molar refractivity (Wildman–Crippen MR) is 76.9 cm³/mol. The maximum Gasteiger partial charge on any atom is 0.273 e. The largest absolute Gasteiger partial charge is 0.354 e. The van der Waals surface area contributed by atoms with E-state index in [-0.39, 0.29) is 24.1 Å². The Labute approximate surface area is 122 Å². The molecule has 0 aliphatic carbocycles. The van der Waals surface area contributed by atoms with Crippen LogP contribution in [-0.4, -0.2) is 38.4 Å². The van der Waals surface area contributed by atoms with Crippen LogP contribution in [0.4, 0.5) is 5.69 Å². The molecule has 0 unspecified atom stereocenters. The molecule has 8 nitrogen and oxygen atoms in total. The zero-order valence-corrected chi connectivity index (χ0v) is 12.3. The Morgan fingerprint density at radius 1 is 1.29 bits per heavy atom. The summed E-state index contributed by atoms with van der Waals surface area (Å²) in [4.78, 5) is 23.8. The van der Waals surface area contributed by atoms with Gasteiger partial charge in [-0.05, 0) is 19.4 Å². The summed E-state index contributed by atoms with van der Waals surface area (Å²) in [6.07, 6.45) is 5.09. The number of amides is 2. The molecule has 2 rings (SSSR count). The van der Waals surface area contributed by atoms with Gasteiger partial charge in [0.25, 0.3) is 5.91 Å². The molecule has 0 aliphatic heterocycles. The molecule has 0 fully saturated rings. The number of carbonyl (C=O) groups excluding carboxylic acids is 2. The third kappa shape index (κ3) is 3.47. The molecule has 0 atom stereocenters. The van der Waals surface area contributed by atoms with Crippen LogP contribution in [0.1, 0.15) is 23.0 Å². The van der Waals surface area contributed by atoms with Crippen molar-refractivity contribution in [3.8, 4) is 0 Å². The summed E-state index contributed by atoms with van der Waals surface area (Å²) >= 11 is 0. The highest BCUT2D eigenvalue weighted by Crippen LogP contribution is 2.14. The van der Waals surface area contributed by atoms with Crippen LogP contribution in [0.3, 0.4) is 0 Å². The van der Waals surface area contributed by atoms with E-state index in [4.69, 9.17) is 0 Å². The molecular weight excluding hydrogens is 272 g/mol. The summed E-state index contributed by atoms with van der Waals surface area (Å²) in [6.45, 7) is 4.49. The van der Waals surface area contributed by atoms with Crippen LogP contribution >= 0.6 is 0 Å². The number of carbonyl (C=O) groups is 2. The molecular formula is C13H18N6O2. The number of aryl methyl sites for hydroxylation is 2. The summed E-state index contributed by atoms with van der Waals surface area (Å²) in [5.41, 5.74) is 1.57. The SMILES string of the molecule is CCn1cc(NC(=O)Cn2cc(C)cn2)c(C(=O)NC)n1. The van der Waals surface area contributed by atoms with Crippen LogP contribution < -0.4 is 10.6 Å². The van der Waals surface area contributed by atoms with Crippen molar-refractivity contribution >= 4 is 17.5 Å². The number of nitrogens with zero attached hydrogens (tertiary/aromatic N) is 4. The van der Waals surface area contributed by atoms with E-state index in [1.807, 2.05) is 13.8 Å². The van der Waals surface area contributed by atoms with Crippen molar-refractivity contribution in [1.82, 2.24) is 24.9 Å². The monoisotopic (exact) mass is 290 g/mol. The number of rotatable bonds is 5. The van der Waals surface area contributed by atoms with Gasteiger partial charge >= 0.3 is 0 Å². The first-order valence-electron chi connectivity index (χ1n) is 6.62. The number of aromatic nitrogens is 4. The Hall–Kier alpha value is -2.64. The van der Waals surface area contributed by atoms with Crippen LogP contribution in [-0.2, 0) is 17.9 Å². The van der Waals surface area contributed by atoms with Gasteiger partial charge in [-0.3, -0.25) is 19.0 Å². The molecule has 2 aromatic heterocycles. The Bertz CT molecular complexity index is 657. The van der Waals surface area contributed by atoms with Crippen LogP contribution in [0.25, 0.3) is 0 Å². The summed E-state index contributed by atoms with van der Waals surface area (Å²) in [5, 5.41) is 13.4. The Morgan fingerprint density at radius 2 is 2.05 bits per heavy atom. The lowest BCUT2D eigenvalue weighted by molar-refractivity contribution is -0.116. The van der Waals surface area contributed by atoms with E-state index in [0.29, 0.717) is 12.2 Å². The van der Waals surface area contributed by atoms with E-state index >= 15 is 0 Å². The van der Waals surface area contributed by atoms with Crippen molar-refractivity contribution in [2.45, 2.75) is 26.9 Å². The van der Waals surface area contributed by atoms with Crippen LogP contribution in [0, 0.1) is 6.92 Å². The van der Waals surface area contributed by atoms with E-state index < -0.39 is 0 Å². The molecule has 0 aliphatic rings. The summed E-state index contributed by atoms with van der Waals surface area (Å²) < 4.78 is 3.13. The van der Waals surface area contributed by atoms with Crippen LogP contribution in [0.5, 0.6) is 0 Å². The van der Waals surface area contributed by atoms with E-state index in [9.17, 15) is 9.59 Å². The average Bonchev–Trinajstić information content (AvgIpc) is 3.04. The first-order valence-corrected chi connectivity index (χ1v) is 6.62. The molecule has 8 heteroatoms. The van der Waals surface area contributed by atoms with Gasteiger partial charge in [-0.2, -0.15) is 10.2 Å². The van der Waals surface area contributed by atoms with Crippen molar-refractivity contribution in [2.24, 2.45) is 0 Å². The van der Waals surface area contributed by atoms with E-state index in [1.54, 1.807) is 23.3 Å². The summed E-state index contributed by atoms with van der Waals surface area (Å²) in [6, 6.07) is 0. The van der Waals surface area contributed by atoms with Crippen molar-refractivity contribution in [3.05, 3.63) is 29.8 Å². The highest BCUT2D eigenvalue weighted by molar-refractivity contribution is 6.02. The molecule has 2 N–H and O–H groups in total. The van der Waals surface area contributed by atoms with Gasteiger partial charge in [0.05, 0.1) is 11.9 Å². The maximum atomic E-state index is 12.0. The predicted octanol–water partition coefficient (Wildman–Crippen LogP) is 0.406. The van der Waals surface area contributed by atoms with Gasteiger partial charge in [0, 0.05) is 26.0 Å². The van der Waals surface area contributed by atoms with E-state index in [1.165, 1.54) is 11.7 Å². The van der Waals surface area contributed by atoms with Crippen LogP contribution in [0.15, 0.2) is 18.6 Å². The Kier molecular flexibility index (Phi) is 4.36. The molecule has 0 radical (unpaired) electrons. The van der Waals surface area contributed by atoms with Gasteiger partial charge < -0.3 is 10.6 Å². The highest BCUT2D eigenvalue weighted by atomic mass is 16.2. The highest BCUT2D eigenvalue weighted by Gasteiger charge is 2.17. The van der Waals surface area contributed by atoms with Crippen molar-refractivity contribution in [2.75, 3.05) is 12.4 Å². The molecule has 2 heterocycles. The standard InChI is InChI=1S/C13H18N6O2/c1-4-18-7-10(12(17-18)13(21)14-3)16-11(20)8-19-6-9(2)5-15-19/h5-7H,4,8H2,1-3H3,(H,14,21)(H,16,20). The van der Waals surface area contributed by atoms with Gasteiger partial charge in [-0.25, -0.2) is 0 Å². The minimum Gasteiger partial charge on any atom is -0.354 e. The molecule has 2 aromatic rings. The van der Waals surface area contributed by atoms with Gasteiger partial charge in [0.1, 0.15) is 6.54 Å². The first-order chi connectivity index (χ1) is 10.0. The fourth-order valence-corrected chi connectivity index (χ4v) is 1.85. The lowest BCUT2D eigenvalue weighted by atomic mass is 10.3. The quantitative estimate of drug-likeness (QED) is 0.833. The Balaban J connectivity index is 2.12. The molecule has 21 heavy (non-hydrogen) atoms. The number of hydrogen-bond acceptors (Lipinski definition) is 4. The maximum absolute atomic E-state index is 12.0. The minimum atomic E-state index is -0.340. The number of nitrogens with one attached hydrogen (secondary N) is 2. The average molecular weight is 290 g/mol. The molecule has 0 aromatic carbocycles. The zero-order valence-electron chi connectivity index (χ0n) is 12.3. The van der Waals surface area contributed by atoms with Crippen molar-refractivity contribution in [1.29, 1.82) is 0 Å². The number of anilines is 1. The van der Waals surface area contributed by atoms with Gasteiger partial charge in [-0.1, -0.05) is 0 Å². The normalized spacial score (nSPS) is 10.4. The molecule has 112 valence electrons. The molecule has 0 saturated carbocycles. The van der Waals surface area contributed by atoms with Gasteiger partial charge in [0.15, 0.2) is 5.69 Å². The Morgan fingerprint density at radius 3 is 2.62 bits per heavy atom. The fraction of sp³-hybridized carbons (Fsp3) is 0.385. The van der Waals surface area contributed by atoms with Crippen molar-refractivity contribution in [3.63, 3.8) is 0 Å². The third-order valence-electron chi connectivity index (χ3n) is 2.87. The van der Waals surface area contributed by atoms with E-state index in [0.717, 1.165) is 5.56 Å². The fourth-order valence-electron chi connectivity index (χ4n) is 1.85. The third-order valence-corrected chi connectivity index (χ3v) is 2.87. The first kappa shape index (κ1) is 14.8. The zero-order chi connectivity index (χ0) is 15.4. The molecule has 0 saturated heterocycles. The minimum absolute atomic E-state index is 0.0817. The lowest BCUT2D eigenvalue weighted by Gasteiger charge is -2.04. The molecule has 0 spiro atoms. The molecule has 2 amide bonds. The lowest BCUT2D eigenvalue weighted by Crippen LogP contribution is -2.23. The van der Waals surface area contributed by atoms with Gasteiger partial charge in [-0.15, -0.1) is 0 Å². The second-order valence-electron chi connectivity index (χ2n) is 4.59. The summed E-state index contributed by atoms with van der Waals surface area (Å²) in [7, 11) is 1.52. The second-order valence-corrected chi connectivity index (χ2v) is 4.59. The second kappa shape index (κ2) is 6.21. The van der Waals surface area contributed by atoms with Crippen molar-refractivity contribution < 1.29 is 9.59 Å². The van der Waals surface area contributed by atoms with E-state index in [2.05, 4.69) is 20.8 Å². The van der Waals surface area contributed by atoms with Gasteiger partial charge in [0.2, 0.25) is 5.91 Å². The van der Waals surface area contributed by atoms with Crippen LogP contribution in [0.2, 0.25) is 0 Å². The summed E-state index contributed by atoms with van der Waals surface area (Å²) in [5.74, 6) is -0.605. The topological polar surface area (TPSA) is 93.8 Å². The smallest absolute Gasteiger partial charge is 0.273 e. The molecule has 0 bridgehead atoms. The number of hydrogen-bond donors (Lipinski definition) is 2.